The first-order valence-corrected chi connectivity index (χ1v) is 7.04. The van der Waals surface area contributed by atoms with Crippen molar-refractivity contribution in [3.8, 4) is 0 Å². The van der Waals surface area contributed by atoms with E-state index in [1.54, 1.807) is 0 Å². The molecule has 1 fully saturated rings. The Bertz CT molecular complexity index is 187. The molecule has 0 saturated heterocycles. The third-order valence-electron chi connectivity index (χ3n) is 4.29. The smallest absolute Gasteiger partial charge is 0.00953 e. The molecule has 1 atom stereocenters. The predicted molar refractivity (Wildman–Crippen MR) is 71.8 cm³/mol. The van der Waals surface area contributed by atoms with Crippen LogP contribution >= 0.6 is 0 Å². The first-order chi connectivity index (χ1) is 7.65. The van der Waals surface area contributed by atoms with Gasteiger partial charge >= 0.3 is 0 Å². The molecule has 1 aliphatic carbocycles. The van der Waals surface area contributed by atoms with Crippen molar-refractivity contribution in [3.63, 3.8) is 0 Å². The van der Waals surface area contributed by atoms with Crippen LogP contribution in [0.25, 0.3) is 0 Å². The van der Waals surface area contributed by atoms with Crippen LogP contribution < -0.4 is 5.32 Å². The third-order valence-corrected chi connectivity index (χ3v) is 4.29. The zero-order chi connectivity index (χ0) is 12.0. The van der Waals surface area contributed by atoms with Gasteiger partial charge in [-0.2, -0.15) is 0 Å². The van der Waals surface area contributed by atoms with Gasteiger partial charge in [0.1, 0.15) is 0 Å². The van der Waals surface area contributed by atoms with Crippen LogP contribution in [0.5, 0.6) is 0 Å². The number of nitrogens with zero attached hydrogens (tertiary/aromatic N) is 1. The highest BCUT2D eigenvalue weighted by molar-refractivity contribution is 4.84. The van der Waals surface area contributed by atoms with Crippen molar-refractivity contribution in [2.75, 3.05) is 26.7 Å². The van der Waals surface area contributed by atoms with Crippen LogP contribution in [-0.4, -0.2) is 37.6 Å². The fourth-order valence-corrected chi connectivity index (χ4v) is 2.98. The summed E-state index contributed by atoms with van der Waals surface area (Å²) < 4.78 is 0. The fraction of sp³-hybridized carbons (Fsp3) is 1.00. The van der Waals surface area contributed by atoms with E-state index in [1.165, 1.54) is 45.2 Å². The van der Waals surface area contributed by atoms with Gasteiger partial charge in [0.25, 0.3) is 0 Å². The van der Waals surface area contributed by atoms with Crippen LogP contribution in [0.4, 0.5) is 0 Å². The molecule has 1 N–H and O–H groups in total. The highest BCUT2D eigenvalue weighted by atomic mass is 15.2. The average molecular weight is 226 g/mol. The summed E-state index contributed by atoms with van der Waals surface area (Å²) in [5.74, 6) is 0. The second-order valence-electron chi connectivity index (χ2n) is 5.70. The maximum Gasteiger partial charge on any atom is 0.00953 e. The first-order valence-electron chi connectivity index (χ1n) is 7.04. The summed E-state index contributed by atoms with van der Waals surface area (Å²) in [5.41, 5.74) is 0.438. The van der Waals surface area contributed by atoms with Gasteiger partial charge in [0.15, 0.2) is 0 Å². The van der Waals surface area contributed by atoms with Crippen LogP contribution in [0.2, 0.25) is 0 Å². The molecule has 1 saturated carbocycles. The van der Waals surface area contributed by atoms with Gasteiger partial charge in [0.05, 0.1) is 0 Å². The summed E-state index contributed by atoms with van der Waals surface area (Å²) >= 11 is 0. The van der Waals surface area contributed by atoms with Gasteiger partial charge in [0.2, 0.25) is 0 Å². The molecule has 2 nitrogen and oxygen atoms in total. The molecule has 0 heterocycles. The van der Waals surface area contributed by atoms with Crippen LogP contribution in [0.15, 0.2) is 0 Å². The Kier molecular flexibility index (Phi) is 5.77. The van der Waals surface area contributed by atoms with E-state index in [4.69, 9.17) is 0 Å². The first kappa shape index (κ1) is 14.0. The zero-order valence-electron chi connectivity index (χ0n) is 11.7. The van der Waals surface area contributed by atoms with E-state index in [2.05, 4.69) is 38.0 Å². The lowest BCUT2D eigenvalue weighted by Gasteiger charge is -2.37. The average Bonchev–Trinajstić information content (AvgIpc) is 2.80. The van der Waals surface area contributed by atoms with E-state index in [-0.39, 0.29) is 0 Å². The molecule has 0 aliphatic heterocycles. The lowest BCUT2D eigenvalue weighted by Crippen LogP contribution is -2.44. The monoisotopic (exact) mass is 226 g/mol. The predicted octanol–water partition coefficient (Wildman–Crippen LogP) is 2.89. The minimum Gasteiger partial charge on any atom is -0.319 e. The van der Waals surface area contributed by atoms with Gasteiger partial charge in [-0.05, 0) is 38.3 Å². The number of hydrogen-bond acceptors (Lipinski definition) is 2. The minimum absolute atomic E-state index is 0.438. The third kappa shape index (κ3) is 3.74. The number of rotatable bonds is 7. The van der Waals surface area contributed by atoms with Crippen molar-refractivity contribution in [3.05, 3.63) is 0 Å². The van der Waals surface area contributed by atoms with Crippen LogP contribution in [0, 0.1) is 5.41 Å². The summed E-state index contributed by atoms with van der Waals surface area (Å²) in [6, 6.07) is 0.868. The van der Waals surface area contributed by atoms with Crippen molar-refractivity contribution in [1.29, 1.82) is 0 Å². The molecule has 0 radical (unpaired) electrons. The van der Waals surface area contributed by atoms with Gasteiger partial charge < -0.3 is 10.2 Å². The minimum atomic E-state index is 0.438. The summed E-state index contributed by atoms with van der Waals surface area (Å²) in [4.78, 5) is 2.72. The van der Waals surface area contributed by atoms with Gasteiger partial charge in [-0.1, -0.05) is 33.6 Å². The molecule has 0 bridgehead atoms. The molecule has 1 aliphatic rings. The van der Waals surface area contributed by atoms with E-state index >= 15 is 0 Å². The quantitative estimate of drug-likeness (QED) is 0.718. The molecule has 0 amide bonds. The van der Waals surface area contributed by atoms with E-state index in [1.807, 2.05) is 0 Å². The van der Waals surface area contributed by atoms with E-state index in [0.717, 1.165) is 12.6 Å². The molecule has 0 aromatic heterocycles. The van der Waals surface area contributed by atoms with Crippen LogP contribution in [-0.2, 0) is 0 Å². The molecule has 2 heteroatoms. The van der Waals surface area contributed by atoms with Gasteiger partial charge in [-0.3, -0.25) is 0 Å². The Hall–Kier alpha value is -0.0800. The van der Waals surface area contributed by atoms with E-state index < -0.39 is 0 Å². The van der Waals surface area contributed by atoms with Crippen LogP contribution in [0.3, 0.4) is 0 Å². The Labute approximate surface area is 102 Å². The molecule has 1 unspecified atom stereocenters. The second-order valence-corrected chi connectivity index (χ2v) is 5.70. The Morgan fingerprint density at radius 3 is 2.31 bits per heavy atom. The molecule has 96 valence electrons. The van der Waals surface area contributed by atoms with Crippen molar-refractivity contribution >= 4 is 0 Å². The normalized spacial score (nSPS) is 21.6. The highest BCUT2D eigenvalue weighted by Gasteiger charge is 2.29. The fourth-order valence-electron chi connectivity index (χ4n) is 2.98. The van der Waals surface area contributed by atoms with Crippen molar-refractivity contribution in [2.45, 2.75) is 58.9 Å². The second kappa shape index (κ2) is 6.61. The van der Waals surface area contributed by atoms with Crippen molar-refractivity contribution in [1.82, 2.24) is 10.2 Å². The number of hydrogen-bond donors (Lipinski definition) is 1. The topological polar surface area (TPSA) is 15.3 Å². The largest absolute Gasteiger partial charge is 0.319 e. The maximum absolute atomic E-state index is 3.35. The highest BCUT2D eigenvalue weighted by Crippen LogP contribution is 2.28. The molecule has 1 rings (SSSR count). The molecule has 0 aromatic carbocycles. The number of nitrogens with one attached hydrogen (secondary N) is 1. The van der Waals surface area contributed by atoms with Gasteiger partial charge in [0, 0.05) is 19.1 Å². The summed E-state index contributed by atoms with van der Waals surface area (Å²) in [6.07, 6.45) is 6.99. The van der Waals surface area contributed by atoms with Gasteiger partial charge in [-0.15, -0.1) is 0 Å². The van der Waals surface area contributed by atoms with E-state index in [0.29, 0.717) is 5.41 Å². The van der Waals surface area contributed by atoms with E-state index in [9.17, 15) is 0 Å². The Balaban J connectivity index is 2.52. The Morgan fingerprint density at radius 1 is 1.25 bits per heavy atom. The SMILES string of the molecule is CCN(CC(C)(CC)CNC)C1CCCC1. The standard InChI is InChI=1S/C14H30N2/c1-5-14(3,11-15-4)12-16(6-2)13-9-7-8-10-13/h13,15H,5-12H2,1-4H3. The van der Waals surface area contributed by atoms with Crippen LogP contribution in [0.1, 0.15) is 52.9 Å². The van der Waals surface area contributed by atoms with Crippen molar-refractivity contribution < 1.29 is 0 Å². The molecule has 0 aromatic rings. The molecule has 16 heavy (non-hydrogen) atoms. The molecular weight excluding hydrogens is 196 g/mol. The summed E-state index contributed by atoms with van der Waals surface area (Å²) in [6.45, 7) is 10.6. The lowest BCUT2D eigenvalue weighted by atomic mass is 9.86. The van der Waals surface area contributed by atoms with Crippen molar-refractivity contribution in [2.24, 2.45) is 5.41 Å². The summed E-state index contributed by atoms with van der Waals surface area (Å²) in [5, 5.41) is 3.35. The maximum atomic E-state index is 3.35. The zero-order valence-corrected chi connectivity index (χ0v) is 11.7. The van der Waals surface area contributed by atoms with Gasteiger partial charge in [-0.25, -0.2) is 0 Å². The summed E-state index contributed by atoms with van der Waals surface area (Å²) in [7, 11) is 2.07. The lowest BCUT2D eigenvalue weighted by molar-refractivity contribution is 0.122. The Morgan fingerprint density at radius 2 is 1.88 bits per heavy atom. The molecule has 0 spiro atoms. The molecular formula is C14H30N2.